The second-order valence-corrected chi connectivity index (χ2v) is 8.82. The number of rotatable bonds is 5. The number of thiocarbonyl (C=S) groups is 1. The van der Waals surface area contributed by atoms with Crippen LogP contribution >= 0.6 is 46.8 Å². The lowest BCUT2D eigenvalue weighted by molar-refractivity contribution is 0.0950. The molecule has 6 nitrogen and oxygen atoms in total. The summed E-state index contributed by atoms with van der Waals surface area (Å²) in [7, 11) is 0. The molecule has 0 aliphatic heterocycles. The summed E-state index contributed by atoms with van der Waals surface area (Å²) in [4.78, 5) is 25.2. The zero-order chi connectivity index (χ0) is 23.4. The van der Waals surface area contributed by atoms with Gasteiger partial charge in [0.2, 0.25) is 0 Å². The summed E-state index contributed by atoms with van der Waals surface area (Å²) in [5, 5.41) is 10.9. The van der Waals surface area contributed by atoms with Gasteiger partial charge in [0.1, 0.15) is 5.76 Å². The van der Waals surface area contributed by atoms with Gasteiger partial charge >= 0.3 is 0 Å². The number of anilines is 2. The van der Waals surface area contributed by atoms with Gasteiger partial charge in [0.25, 0.3) is 11.8 Å². The second kappa shape index (κ2) is 10.2. The number of halogens is 2. The van der Waals surface area contributed by atoms with E-state index in [1.54, 1.807) is 54.6 Å². The van der Waals surface area contributed by atoms with Gasteiger partial charge in [-0.3, -0.25) is 14.9 Å². The van der Waals surface area contributed by atoms with Gasteiger partial charge in [0.15, 0.2) is 10.9 Å². The van der Waals surface area contributed by atoms with Gasteiger partial charge in [0, 0.05) is 16.9 Å². The van der Waals surface area contributed by atoms with Gasteiger partial charge < -0.3 is 15.1 Å². The molecule has 0 spiro atoms. The van der Waals surface area contributed by atoms with Crippen LogP contribution in [0.15, 0.2) is 76.5 Å². The number of thiophene rings is 1. The number of hydrogen-bond acceptors (Lipinski definition) is 5. The maximum Gasteiger partial charge on any atom is 0.293 e. The number of benzene rings is 2. The van der Waals surface area contributed by atoms with E-state index in [0.29, 0.717) is 37.6 Å². The van der Waals surface area contributed by atoms with Crippen molar-refractivity contribution in [1.82, 2.24) is 5.32 Å². The molecule has 2 heterocycles. The van der Waals surface area contributed by atoms with Crippen LogP contribution in [0.1, 0.15) is 20.2 Å². The maximum atomic E-state index is 12.5. The van der Waals surface area contributed by atoms with E-state index in [4.69, 9.17) is 39.8 Å². The number of nitrogens with one attached hydrogen (secondary N) is 3. The minimum atomic E-state index is -0.517. The Bertz CT molecular complexity index is 1320. The fourth-order valence-corrected chi connectivity index (χ4v) is 4.09. The van der Waals surface area contributed by atoms with Crippen molar-refractivity contribution in [1.29, 1.82) is 0 Å². The molecule has 10 heteroatoms. The molecule has 0 aliphatic rings. The maximum absolute atomic E-state index is 12.5. The highest BCUT2D eigenvalue weighted by molar-refractivity contribution is 7.80. The number of hydrogen-bond donors (Lipinski definition) is 3. The van der Waals surface area contributed by atoms with E-state index in [2.05, 4.69) is 16.0 Å². The van der Waals surface area contributed by atoms with E-state index in [0.717, 1.165) is 0 Å². The summed E-state index contributed by atoms with van der Waals surface area (Å²) in [6.45, 7) is 0. The van der Waals surface area contributed by atoms with E-state index in [9.17, 15) is 9.59 Å². The van der Waals surface area contributed by atoms with E-state index in [-0.39, 0.29) is 16.8 Å². The molecular formula is C23H15Cl2N3O3S2. The number of furan rings is 1. The topological polar surface area (TPSA) is 83.4 Å². The van der Waals surface area contributed by atoms with Crippen molar-refractivity contribution in [2.45, 2.75) is 0 Å². The van der Waals surface area contributed by atoms with Crippen molar-refractivity contribution in [3.63, 3.8) is 0 Å². The summed E-state index contributed by atoms with van der Waals surface area (Å²) in [6, 6.07) is 18.8. The second-order valence-electron chi connectivity index (χ2n) is 6.68. The summed E-state index contributed by atoms with van der Waals surface area (Å²) >= 11 is 18.8. The van der Waals surface area contributed by atoms with E-state index in [1.807, 2.05) is 11.4 Å². The largest absolute Gasteiger partial charge is 0.451 e. The predicted octanol–water partition coefficient (Wildman–Crippen LogP) is 6.69. The average Bonchev–Trinajstić information content (AvgIpc) is 3.49. The molecule has 2 amide bonds. The fraction of sp³-hybridized carbons (Fsp3) is 0. The minimum Gasteiger partial charge on any atom is -0.451 e. The van der Waals surface area contributed by atoms with Crippen molar-refractivity contribution in [3.05, 3.63) is 92.8 Å². The van der Waals surface area contributed by atoms with Crippen molar-refractivity contribution in [2.75, 3.05) is 10.6 Å². The van der Waals surface area contributed by atoms with Crippen LogP contribution in [-0.4, -0.2) is 16.9 Å². The van der Waals surface area contributed by atoms with Gasteiger partial charge in [-0.2, -0.15) is 0 Å². The standard InChI is InChI=1S/C23H15Cl2N3O3S2/c24-16-4-1-3-15(20(16)25)17-10-11-18(31-17)21(29)28-23(32)27-14-8-6-13(7-9-14)26-22(30)19-5-2-12-33-19/h1-12H,(H,26,30)(H2,27,28,29,32). The SMILES string of the molecule is O=C(NC(=S)Nc1ccc(NC(=O)c2cccs2)cc1)c1ccc(-c2cccc(Cl)c2Cl)o1. The molecule has 2 aromatic heterocycles. The first-order chi connectivity index (χ1) is 15.9. The summed E-state index contributed by atoms with van der Waals surface area (Å²) in [5.74, 6) is -0.217. The van der Waals surface area contributed by atoms with Crippen molar-refractivity contribution >= 4 is 75.1 Å². The van der Waals surface area contributed by atoms with Crippen LogP contribution < -0.4 is 16.0 Å². The lowest BCUT2D eigenvalue weighted by Gasteiger charge is -2.10. The van der Waals surface area contributed by atoms with Crippen LogP contribution in [0, 0.1) is 0 Å². The first-order valence-electron chi connectivity index (χ1n) is 9.52. The van der Waals surface area contributed by atoms with E-state index in [1.165, 1.54) is 17.4 Å². The molecule has 166 valence electrons. The first kappa shape index (κ1) is 23.0. The van der Waals surface area contributed by atoms with Gasteiger partial charge in [-0.05, 0) is 72.2 Å². The lowest BCUT2D eigenvalue weighted by atomic mass is 10.2. The third-order valence-electron chi connectivity index (χ3n) is 4.42. The Morgan fingerprint density at radius 1 is 0.848 bits per heavy atom. The van der Waals surface area contributed by atoms with Crippen molar-refractivity contribution in [3.8, 4) is 11.3 Å². The molecule has 0 saturated heterocycles. The van der Waals surface area contributed by atoms with Gasteiger partial charge in [-0.25, -0.2) is 0 Å². The molecule has 0 saturated carbocycles. The van der Waals surface area contributed by atoms with E-state index >= 15 is 0 Å². The molecule has 0 radical (unpaired) electrons. The summed E-state index contributed by atoms with van der Waals surface area (Å²) in [5.41, 5.74) is 1.85. The van der Waals surface area contributed by atoms with Crippen LogP contribution in [-0.2, 0) is 0 Å². The zero-order valence-electron chi connectivity index (χ0n) is 16.7. The Labute approximate surface area is 208 Å². The third-order valence-corrected chi connectivity index (χ3v) is 6.31. The highest BCUT2D eigenvalue weighted by Gasteiger charge is 2.16. The Balaban J connectivity index is 1.34. The Kier molecular flexibility index (Phi) is 7.10. The normalized spacial score (nSPS) is 10.5. The molecule has 0 aliphatic carbocycles. The van der Waals surface area contributed by atoms with Crippen LogP contribution in [0.2, 0.25) is 10.0 Å². The van der Waals surface area contributed by atoms with Crippen LogP contribution in [0.3, 0.4) is 0 Å². The van der Waals surface area contributed by atoms with E-state index < -0.39 is 5.91 Å². The molecule has 4 rings (SSSR count). The third kappa shape index (κ3) is 5.61. The minimum absolute atomic E-state index is 0.0665. The van der Waals surface area contributed by atoms with Gasteiger partial charge in [0.05, 0.1) is 14.9 Å². The molecule has 0 bridgehead atoms. The lowest BCUT2D eigenvalue weighted by Crippen LogP contribution is -2.33. The predicted molar refractivity (Wildman–Crippen MR) is 137 cm³/mol. The quantitative estimate of drug-likeness (QED) is 0.257. The molecular weight excluding hydrogens is 501 g/mol. The molecule has 0 unspecified atom stereocenters. The van der Waals surface area contributed by atoms with Gasteiger partial charge in [-0.15, -0.1) is 11.3 Å². The molecule has 3 N–H and O–H groups in total. The zero-order valence-corrected chi connectivity index (χ0v) is 19.9. The number of carbonyl (C=O) groups excluding carboxylic acids is 2. The summed E-state index contributed by atoms with van der Waals surface area (Å²) < 4.78 is 5.62. The average molecular weight is 516 g/mol. The summed E-state index contributed by atoms with van der Waals surface area (Å²) in [6.07, 6.45) is 0. The highest BCUT2D eigenvalue weighted by Crippen LogP contribution is 2.34. The number of carbonyl (C=O) groups is 2. The van der Waals surface area contributed by atoms with Crippen LogP contribution in [0.25, 0.3) is 11.3 Å². The Morgan fingerprint density at radius 2 is 1.58 bits per heavy atom. The molecule has 2 aromatic carbocycles. The van der Waals surface area contributed by atoms with Crippen molar-refractivity contribution < 1.29 is 14.0 Å². The van der Waals surface area contributed by atoms with Crippen molar-refractivity contribution in [2.24, 2.45) is 0 Å². The van der Waals surface area contributed by atoms with Crippen LogP contribution in [0.4, 0.5) is 11.4 Å². The Morgan fingerprint density at radius 3 is 2.27 bits per heavy atom. The first-order valence-corrected chi connectivity index (χ1v) is 11.6. The smallest absolute Gasteiger partial charge is 0.293 e. The van der Waals surface area contributed by atoms with Gasteiger partial charge in [-0.1, -0.05) is 35.3 Å². The molecule has 4 aromatic rings. The fourth-order valence-electron chi connectivity index (χ4n) is 2.86. The monoisotopic (exact) mass is 515 g/mol. The highest BCUT2D eigenvalue weighted by atomic mass is 35.5. The van der Waals surface area contributed by atoms with Crippen LogP contribution in [0.5, 0.6) is 0 Å². The Hall–Kier alpha value is -3.17. The molecule has 33 heavy (non-hydrogen) atoms. The molecule has 0 fully saturated rings. The molecule has 0 atom stereocenters. The number of amides is 2.